The summed E-state index contributed by atoms with van der Waals surface area (Å²) in [7, 11) is 0. The molecule has 0 saturated carbocycles. The Morgan fingerprint density at radius 3 is 2.84 bits per heavy atom. The van der Waals surface area contributed by atoms with Crippen LogP contribution >= 0.6 is 11.6 Å². The van der Waals surface area contributed by atoms with Gasteiger partial charge in [0.15, 0.2) is 0 Å². The molecule has 3 rings (SSSR count). The summed E-state index contributed by atoms with van der Waals surface area (Å²) in [5.41, 5.74) is 4.45. The van der Waals surface area contributed by atoms with Crippen molar-refractivity contribution >= 4 is 17.4 Å². The highest BCUT2D eigenvalue weighted by atomic mass is 35.5. The highest BCUT2D eigenvalue weighted by molar-refractivity contribution is 6.31. The first-order valence-electron chi connectivity index (χ1n) is 6.44. The number of hydrogen-bond acceptors (Lipinski definition) is 2. The Balaban J connectivity index is 1.93. The highest BCUT2D eigenvalue weighted by Gasteiger charge is 2.17. The van der Waals surface area contributed by atoms with Gasteiger partial charge in [-0.05, 0) is 41.3 Å². The van der Waals surface area contributed by atoms with Gasteiger partial charge in [0, 0.05) is 36.2 Å². The first-order chi connectivity index (χ1) is 9.22. The number of pyridine rings is 1. The number of halogens is 1. The SMILES string of the molecule is O=C1CCc2cc(Cc3ccccn3)c(Cl)cc2C1. The summed E-state index contributed by atoms with van der Waals surface area (Å²) >= 11 is 6.32. The van der Waals surface area contributed by atoms with E-state index in [2.05, 4.69) is 11.1 Å². The zero-order valence-corrected chi connectivity index (χ0v) is 11.3. The standard InChI is InChI=1S/C16H14ClNO/c17-16-10-12-9-15(19)5-4-11(12)7-13(16)8-14-3-1-2-6-18-14/h1-3,6-7,10H,4-5,8-9H2. The van der Waals surface area contributed by atoms with Crippen molar-refractivity contribution in [1.82, 2.24) is 4.98 Å². The molecule has 0 aliphatic heterocycles. The fourth-order valence-corrected chi connectivity index (χ4v) is 2.77. The second-order valence-corrected chi connectivity index (χ2v) is 5.33. The van der Waals surface area contributed by atoms with E-state index in [9.17, 15) is 4.79 Å². The molecule has 3 heteroatoms. The van der Waals surface area contributed by atoms with E-state index >= 15 is 0 Å². The Morgan fingerprint density at radius 2 is 2.05 bits per heavy atom. The van der Waals surface area contributed by atoms with Crippen molar-refractivity contribution in [2.45, 2.75) is 25.7 Å². The number of benzene rings is 1. The van der Waals surface area contributed by atoms with Crippen molar-refractivity contribution in [3.8, 4) is 0 Å². The van der Waals surface area contributed by atoms with Crippen LogP contribution in [0.2, 0.25) is 5.02 Å². The Hall–Kier alpha value is -1.67. The third-order valence-corrected chi connectivity index (χ3v) is 3.88. The molecule has 19 heavy (non-hydrogen) atoms. The molecule has 0 spiro atoms. The molecule has 1 heterocycles. The van der Waals surface area contributed by atoms with E-state index < -0.39 is 0 Å². The van der Waals surface area contributed by atoms with Crippen LogP contribution in [0.3, 0.4) is 0 Å². The Bertz CT molecular complexity index is 622. The molecule has 0 fully saturated rings. The fourth-order valence-electron chi connectivity index (χ4n) is 2.52. The van der Waals surface area contributed by atoms with Crippen LogP contribution in [0.5, 0.6) is 0 Å². The van der Waals surface area contributed by atoms with Crippen LogP contribution in [0.1, 0.15) is 28.8 Å². The van der Waals surface area contributed by atoms with Crippen LogP contribution in [0.4, 0.5) is 0 Å². The van der Waals surface area contributed by atoms with Gasteiger partial charge in [-0.3, -0.25) is 9.78 Å². The maximum absolute atomic E-state index is 11.5. The van der Waals surface area contributed by atoms with Gasteiger partial charge in [-0.2, -0.15) is 0 Å². The minimum atomic E-state index is 0.307. The molecule has 0 N–H and O–H groups in total. The van der Waals surface area contributed by atoms with E-state index in [1.807, 2.05) is 24.3 Å². The normalized spacial score (nSPS) is 14.3. The molecule has 1 aromatic carbocycles. The zero-order chi connectivity index (χ0) is 13.2. The summed E-state index contributed by atoms with van der Waals surface area (Å²) in [4.78, 5) is 15.8. The summed E-state index contributed by atoms with van der Waals surface area (Å²) < 4.78 is 0. The predicted octanol–water partition coefficient (Wildman–Crippen LogP) is 3.38. The largest absolute Gasteiger partial charge is 0.299 e. The van der Waals surface area contributed by atoms with Gasteiger partial charge in [0.2, 0.25) is 0 Å². The molecule has 0 bridgehead atoms. The third kappa shape index (κ3) is 2.69. The fraction of sp³-hybridized carbons (Fsp3) is 0.250. The number of ketones is 1. The number of hydrogen-bond donors (Lipinski definition) is 0. The lowest BCUT2D eigenvalue weighted by Crippen LogP contribution is -2.13. The first-order valence-corrected chi connectivity index (χ1v) is 6.82. The minimum Gasteiger partial charge on any atom is -0.299 e. The van der Waals surface area contributed by atoms with Gasteiger partial charge in [0.1, 0.15) is 5.78 Å². The molecular formula is C16H14ClNO. The number of aromatic nitrogens is 1. The van der Waals surface area contributed by atoms with Gasteiger partial charge in [0.05, 0.1) is 0 Å². The molecule has 1 aromatic heterocycles. The van der Waals surface area contributed by atoms with Gasteiger partial charge in [-0.25, -0.2) is 0 Å². The molecule has 2 nitrogen and oxygen atoms in total. The molecule has 0 unspecified atom stereocenters. The first kappa shape index (κ1) is 12.4. The Kier molecular flexibility index (Phi) is 3.34. The maximum Gasteiger partial charge on any atom is 0.137 e. The van der Waals surface area contributed by atoms with E-state index in [-0.39, 0.29) is 0 Å². The third-order valence-electron chi connectivity index (χ3n) is 3.53. The van der Waals surface area contributed by atoms with Gasteiger partial charge in [-0.15, -0.1) is 0 Å². The molecule has 1 aliphatic rings. The number of fused-ring (bicyclic) bond motifs is 1. The van der Waals surface area contributed by atoms with Crippen LogP contribution in [0.25, 0.3) is 0 Å². The molecule has 96 valence electrons. The van der Waals surface area contributed by atoms with Crippen LogP contribution in [-0.4, -0.2) is 10.8 Å². The number of nitrogens with zero attached hydrogens (tertiary/aromatic N) is 1. The Morgan fingerprint density at radius 1 is 1.16 bits per heavy atom. The van der Waals surface area contributed by atoms with Crippen molar-refractivity contribution in [2.75, 3.05) is 0 Å². The second-order valence-electron chi connectivity index (χ2n) is 4.93. The quantitative estimate of drug-likeness (QED) is 0.838. The molecule has 0 radical (unpaired) electrons. The molecule has 0 saturated heterocycles. The molecule has 2 aromatic rings. The minimum absolute atomic E-state index is 0.307. The lowest BCUT2D eigenvalue weighted by molar-refractivity contribution is -0.118. The van der Waals surface area contributed by atoms with Crippen molar-refractivity contribution < 1.29 is 4.79 Å². The van der Waals surface area contributed by atoms with Gasteiger partial charge >= 0.3 is 0 Å². The smallest absolute Gasteiger partial charge is 0.137 e. The molecule has 1 aliphatic carbocycles. The number of aryl methyl sites for hydroxylation is 1. The summed E-state index contributed by atoms with van der Waals surface area (Å²) in [6.07, 6.45) is 4.54. The zero-order valence-electron chi connectivity index (χ0n) is 10.5. The number of Topliss-reactive ketones (excluding diaryl/α,β-unsaturated/α-hetero) is 1. The number of carbonyl (C=O) groups is 1. The monoisotopic (exact) mass is 271 g/mol. The van der Waals surface area contributed by atoms with Crippen molar-refractivity contribution in [1.29, 1.82) is 0 Å². The van der Waals surface area contributed by atoms with Crippen molar-refractivity contribution in [2.24, 2.45) is 0 Å². The molecule has 0 amide bonds. The van der Waals surface area contributed by atoms with Gasteiger partial charge < -0.3 is 0 Å². The summed E-state index contributed by atoms with van der Waals surface area (Å²) in [5.74, 6) is 0.307. The van der Waals surface area contributed by atoms with Crippen LogP contribution in [0, 0.1) is 0 Å². The lowest BCUT2D eigenvalue weighted by atomic mass is 9.89. The van der Waals surface area contributed by atoms with E-state index in [0.717, 1.165) is 34.7 Å². The predicted molar refractivity (Wildman–Crippen MR) is 75.5 cm³/mol. The van der Waals surface area contributed by atoms with Crippen LogP contribution in [-0.2, 0) is 24.1 Å². The summed E-state index contributed by atoms with van der Waals surface area (Å²) in [6, 6.07) is 9.97. The van der Waals surface area contributed by atoms with Crippen LogP contribution in [0.15, 0.2) is 36.5 Å². The number of carbonyl (C=O) groups excluding carboxylic acids is 1. The lowest BCUT2D eigenvalue weighted by Gasteiger charge is -2.17. The van der Waals surface area contributed by atoms with E-state index in [1.165, 1.54) is 5.56 Å². The molecule has 0 atom stereocenters. The second kappa shape index (κ2) is 5.14. The summed E-state index contributed by atoms with van der Waals surface area (Å²) in [6.45, 7) is 0. The Labute approximate surface area is 117 Å². The van der Waals surface area contributed by atoms with E-state index in [0.29, 0.717) is 18.6 Å². The molecular weight excluding hydrogens is 258 g/mol. The summed E-state index contributed by atoms with van der Waals surface area (Å²) in [5, 5.41) is 0.735. The highest BCUT2D eigenvalue weighted by Crippen LogP contribution is 2.27. The van der Waals surface area contributed by atoms with Crippen molar-refractivity contribution in [3.05, 3.63) is 63.9 Å². The average Bonchev–Trinajstić information content (AvgIpc) is 2.41. The van der Waals surface area contributed by atoms with Crippen molar-refractivity contribution in [3.63, 3.8) is 0 Å². The maximum atomic E-state index is 11.5. The van der Waals surface area contributed by atoms with E-state index in [1.54, 1.807) is 6.20 Å². The average molecular weight is 272 g/mol. The van der Waals surface area contributed by atoms with Gasteiger partial charge in [0.25, 0.3) is 0 Å². The van der Waals surface area contributed by atoms with Crippen LogP contribution < -0.4 is 0 Å². The van der Waals surface area contributed by atoms with E-state index in [4.69, 9.17) is 11.6 Å². The number of rotatable bonds is 2. The topological polar surface area (TPSA) is 30.0 Å². The van der Waals surface area contributed by atoms with Gasteiger partial charge in [-0.1, -0.05) is 23.7 Å².